The monoisotopic (exact) mass is 285 g/mol. The molecule has 1 N–H and O–H groups in total. The first kappa shape index (κ1) is 13.7. The van der Waals surface area contributed by atoms with Crippen LogP contribution in [0.5, 0.6) is 5.75 Å². The molecule has 3 rings (SSSR count). The first-order valence-electron chi connectivity index (χ1n) is 7.24. The second-order valence-corrected chi connectivity index (χ2v) is 5.24. The van der Waals surface area contributed by atoms with E-state index in [-0.39, 0.29) is 11.9 Å². The molecule has 1 aromatic heterocycles. The summed E-state index contributed by atoms with van der Waals surface area (Å²) in [6.45, 7) is 0.771. The van der Waals surface area contributed by atoms with Crippen molar-refractivity contribution in [2.24, 2.45) is 0 Å². The van der Waals surface area contributed by atoms with Crippen molar-refractivity contribution in [2.45, 2.75) is 25.3 Å². The zero-order valence-corrected chi connectivity index (χ0v) is 12.1. The zero-order valence-electron chi connectivity index (χ0n) is 12.1. The van der Waals surface area contributed by atoms with Crippen molar-refractivity contribution in [1.82, 2.24) is 15.1 Å². The van der Waals surface area contributed by atoms with Crippen LogP contribution in [0.3, 0.4) is 0 Å². The maximum Gasteiger partial charge on any atom is 0.258 e. The van der Waals surface area contributed by atoms with Gasteiger partial charge < -0.3 is 9.64 Å². The first-order valence-corrected chi connectivity index (χ1v) is 7.24. The average Bonchev–Trinajstić information content (AvgIpc) is 3.08. The number of hydrogen-bond acceptors (Lipinski definition) is 3. The van der Waals surface area contributed by atoms with Gasteiger partial charge in [-0.25, -0.2) is 0 Å². The van der Waals surface area contributed by atoms with Crippen LogP contribution in [0.15, 0.2) is 36.7 Å². The topological polar surface area (TPSA) is 58.2 Å². The van der Waals surface area contributed by atoms with Gasteiger partial charge in [0.05, 0.1) is 24.9 Å². The zero-order chi connectivity index (χ0) is 14.7. The summed E-state index contributed by atoms with van der Waals surface area (Å²) in [5.74, 6) is 0.650. The van der Waals surface area contributed by atoms with Crippen LogP contribution in [-0.4, -0.2) is 34.7 Å². The Morgan fingerprint density at radius 3 is 3.00 bits per heavy atom. The largest absolute Gasteiger partial charge is 0.496 e. The molecule has 0 spiro atoms. The minimum atomic E-state index is 0.0263. The molecule has 0 unspecified atom stereocenters. The van der Waals surface area contributed by atoms with Crippen LogP contribution in [0.2, 0.25) is 0 Å². The second-order valence-electron chi connectivity index (χ2n) is 5.24. The number of ether oxygens (including phenoxy) is 1. The lowest BCUT2D eigenvalue weighted by Gasteiger charge is -2.35. The Kier molecular flexibility index (Phi) is 3.90. The molecule has 1 aromatic carbocycles. The molecule has 1 amide bonds. The number of amides is 1. The first-order chi connectivity index (χ1) is 10.3. The van der Waals surface area contributed by atoms with E-state index < -0.39 is 0 Å². The Bertz CT molecular complexity index is 610. The lowest BCUT2D eigenvalue weighted by molar-refractivity contribution is 0.0608. The number of carbonyl (C=O) groups is 1. The quantitative estimate of drug-likeness (QED) is 0.943. The van der Waals surface area contributed by atoms with Crippen LogP contribution in [0.1, 0.15) is 41.2 Å². The van der Waals surface area contributed by atoms with Gasteiger partial charge >= 0.3 is 0 Å². The highest BCUT2D eigenvalue weighted by Crippen LogP contribution is 2.33. The van der Waals surface area contributed by atoms with Gasteiger partial charge in [-0.3, -0.25) is 9.89 Å². The van der Waals surface area contributed by atoms with Crippen LogP contribution < -0.4 is 4.74 Å². The number of H-pyrrole nitrogens is 1. The third kappa shape index (κ3) is 2.63. The van der Waals surface area contributed by atoms with Crippen LogP contribution in [0.25, 0.3) is 0 Å². The van der Waals surface area contributed by atoms with Gasteiger partial charge in [0.25, 0.3) is 5.91 Å². The molecule has 21 heavy (non-hydrogen) atoms. The number of carbonyl (C=O) groups excluding carboxylic acids is 1. The van der Waals surface area contributed by atoms with Crippen molar-refractivity contribution in [3.63, 3.8) is 0 Å². The number of piperidine rings is 1. The fourth-order valence-electron chi connectivity index (χ4n) is 2.94. The van der Waals surface area contributed by atoms with E-state index >= 15 is 0 Å². The number of methoxy groups -OCH3 is 1. The van der Waals surface area contributed by atoms with Crippen molar-refractivity contribution in [2.75, 3.05) is 13.7 Å². The summed E-state index contributed by atoms with van der Waals surface area (Å²) in [6, 6.07) is 7.48. The molecule has 110 valence electrons. The summed E-state index contributed by atoms with van der Waals surface area (Å²) in [6.07, 6.45) is 6.82. The summed E-state index contributed by atoms with van der Waals surface area (Å²) in [5.41, 5.74) is 1.69. The molecular weight excluding hydrogens is 266 g/mol. The summed E-state index contributed by atoms with van der Waals surface area (Å²) >= 11 is 0. The van der Waals surface area contributed by atoms with Gasteiger partial charge in [0.15, 0.2) is 0 Å². The molecule has 1 fully saturated rings. The highest BCUT2D eigenvalue weighted by atomic mass is 16.5. The number of rotatable bonds is 3. The van der Waals surface area contributed by atoms with Crippen LogP contribution >= 0.6 is 0 Å². The standard InChI is InChI=1S/C16H19N3O2/c1-21-15-8-3-2-6-13(15)16(20)19-9-5-4-7-14(19)12-10-17-18-11-12/h2-3,6,8,10-11,14H,4-5,7,9H2,1H3,(H,17,18)/t14-/m1/s1. The third-order valence-electron chi connectivity index (χ3n) is 4.01. The van der Waals surface area contributed by atoms with E-state index in [1.807, 2.05) is 35.4 Å². The molecule has 5 nitrogen and oxygen atoms in total. The van der Waals surface area contributed by atoms with Gasteiger partial charge in [-0.15, -0.1) is 0 Å². The van der Waals surface area contributed by atoms with Gasteiger partial charge in [-0.2, -0.15) is 5.10 Å². The van der Waals surface area contributed by atoms with Gasteiger partial charge in [0.2, 0.25) is 0 Å². The van der Waals surface area contributed by atoms with E-state index in [9.17, 15) is 4.79 Å². The number of nitrogens with zero attached hydrogens (tertiary/aromatic N) is 2. The summed E-state index contributed by atoms with van der Waals surface area (Å²) < 4.78 is 5.32. The molecule has 0 bridgehead atoms. The molecule has 0 saturated carbocycles. The predicted molar refractivity (Wildman–Crippen MR) is 79.2 cm³/mol. The molecule has 1 saturated heterocycles. The molecule has 2 aromatic rings. The number of nitrogens with one attached hydrogen (secondary N) is 1. The smallest absolute Gasteiger partial charge is 0.258 e. The van der Waals surface area contributed by atoms with E-state index in [1.54, 1.807) is 13.3 Å². The van der Waals surface area contributed by atoms with Crippen molar-refractivity contribution >= 4 is 5.91 Å². The van der Waals surface area contributed by atoms with Crippen molar-refractivity contribution in [3.05, 3.63) is 47.8 Å². The molecular formula is C16H19N3O2. The molecule has 5 heteroatoms. The average molecular weight is 285 g/mol. The number of aromatic nitrogens is 2. The number of likely N-dealkylation sites (tertiary alicyclic amines) is 1. The van der Waals surface area contributed by atoms with E-state index in [0.717, 1.165) is 31.4 Å². The second kappa shape index (κ2) is 5.99. The van der Waals surface area contributed by atoms with Gasteiger partial charge in [-0.05, 0) is 31.4 Å². The Balaban J connectivity index is 1.91. The Labute approximate surface area is 123 Å². The Morgan fingerprint density at radius 2 is 2.24 bits per heavy atom. The molecule has 0 radical (unpaired) electrons. The molecule has 0 aliphatic carbocycles. The van der Waals surface area contributed by atoms with E-state index in [0.29, 0.717) is 11.3 Å². The van der Waals surface area contributed by atoms with E-state index in [1.165, 1.54) is 0 Å². The summed E-state index contributed by atoms with van der Waals surface area (Å²) in [5, 5.41) is 6.85. The highest BCUT2D eigenvalue weighted by Gasteiger charge is 2.30. The summed E-state index contributed by atoms with van der Waals surface area (Å²) in [4.78, 5) is 14.8. The Morgan fingerprint density at radius 1 is 1.38 bits per heavy atom. The molecule has 1 aliphatic rings. The lowest BCUT2D eigenvalue weighted by Crippen LogP contribution is -2.38. The highest BCUT2D eigenvalue weighted by molar-refractivity contribution is 5.97. The van der Waals surface area contributed by atoms with Gasteiger partial charge in [0, 0.05) is 18.3 Å². The fraction of sp³-hybridized carbons (Fsp3) is 0.375. The number of aromatic amines is 1. The minimum absolute atomic E-state index is 0.0263. The number of benzene rings is 1. The number of hydrogen-bond donors (Lipinski definition) is 1. The van der Waals surface area contributed by atoms with Crippen molar-refractivity contribution < 1.29 is 9.53 Å². The van der Waals surface area contributed by atoms with Gasteiger partial charge in [0.1, 0.15) is 5.75 Å². The third-order valence-corrected chi connectivity index (χ3v) is 4.01. The van der Waals surface area contributed by atoms with Crippen LogP contribution in [0, 0.1) is 0 Å². The number of para-hydroxylation sites is 1. The maximum atomic E-state index is 12.9. The SMILES string of the molecule is COc1ccccc1C(=O)N1CCCC[C@@H]1c1cn[nH]c1. The van der Waals surface area contributed by atoms with E-state index in [2.05, 4.69) is 10.2 Å². The minimum Gasteiger partial charge on any atom is -0.496 e. The van der Waals surface area contributed by atoms with Crippen LogP contribution in [0.4, 0.5) is 0 Å². The van der Waals surface area contributed by atoms with Crippen LogP contribution in [-0.2, 0) is 0 Å². The molecule has 1 aliphatic heterocycles. The summed E-state index contributed by atoms with van der Waals surface area (Å²) in [7, 11) is 1.59. The Hall–Kier alpha value is -2.30. The fourth-order valence-corrected chi connectivity index (χ4v) is 2.94. The molecule has 1 atom stereocenters. The van der Waals surface area contributed by atoms with Crippen molar-refractivity contribution in [1.29, 1.82) is 0 Å². The predicted octanol–water partition coefficient (Wildman–Crippen LogP) is 2.79. The normalized spacial score (nSPS) is 18.5. The maximum absolute atomic E-state index is 12.9. The van der Waals surface area contributed by atoms with E-state index in [4.69, 9.17) is 4.74 Å². The lowest BCUT2D eigenvalue weighted by atomic mass is 9.96. The van der Waals surface area contributed by atoms with Crippen molar-refractivity contribution in [3.8, 4) is 5.75 Å². The van der Waals surface area contributed by atoms with Gasteiger partial charge in [-0.1, -0.05) is 12.1 Å². The molecule has 2 heterocycles.